The number of halogens is 3. The van der Waals surface area contributed by atoms with Gasteiger partial charge in [0.25, 0.3) is 14.2 Å². The molecule has 476 valence electrons. The van der Waals surface area contributed by atoms with Gasteiger partial charge in [0.1, 0.15) is 18.8 Å². The van der Waals surface area contributed by atoms with Crippen LogP contribution in [0.4, 0.5) is 0 Å². The second-order valence-electron chi connectivity index (χ2n) is 14.7. The standard InChI is InChI=1S/C16H36NO10P3.C5H12ClO3P.C5H12O3P.C4H9N.C3H6O3P.11CH4.Cl2.Na.H2O/c1-13(10-22-4)27-30(20,21)24-12-15(3)26-29(6,19)23-11-14(2)25-28(5,18)17-16-8-7-9-16;1-5(4-8-2)9-10(3,6)7;1-5(4-7-2)8-9(3)6;5-4-2-1-3-4;1-3-2-5-7(4)6-3;;;;;;;;;;;;1-2;;/h13-16H,7-12H2,1-6H3,(H,17,18)(H,20,21);5H,4H2,1-3H3;5H,4H2,1-3H3;4H,1-3,5H2;3H,2H2,1H3;11*1H4;;;1H2/q;;+1;;+1;;;;;;;;;;;;;+1;/p-1. The molecule has 1 aliphatic heterocycles. The molecule has 12 atom stereocenters. The maximum atomic E-state index is 12.5. The van der Waals surface area contributed by atoms with Gasteiger partial charge in [-0.05, 0) is 83.0 Å². The molecular formula is C44H120Cl3N2NaO20P6+2. The molecule has 0 bridgehead atoms. The van der Waals surface area contributed by atoms with Crippen molar-refractivity contribution in [2.75, 3.05) is 87.6 Å². The molecule has 3 aliphatic rings. The van der Waals surface area contributed by atoms with E-state index in [4.69, 9.17) is 62.9 Å². The maximum Gasteiger partial charge on any atom is 1.00 e. The summed E-state index contributed by atoms with van der Waals surface area (Å²) in [6.07, 6.45) is 4.66. The van der Waals surface area contributed by atoms with Crippen molar-refractivity contribution in [3.8, 4) is 0 Å². The fraction of sp³-hybridized carbons (Fsp3) is 1.00. The van der Waals surface area contributed by atoms with Crippen LogP contribution in [0.3, 0.4) is 0 Å². The topological polar surface area (TPSA) is 301 Å². The molecule has 1 saturated heterocycles. The van der Waals surface area contributed by atoms with Crippen LogP contribution in [0.5, 0.6) is 0 Å². The van der Waals surface area contributed by atoms with Gasteiger partial charge in [-0.1, -0.05) is 94.5 Å². The van der Waals surface area contributed by atoms with Crippen molar-refractivity contribution < 1.29 is 122 Å². The first-order valence-corrected chi connectivity index (χ1v) is 32.2. The molecule has 3 fully saturated rings. The second kappa shape index (κ2) is 68.1. The third-order valence-electron chi connectivity index (χ3n) is 7.34. The summed E-state index contributed by atoms with van der Waals surface area (Å²) in [5.74, 6) is 0. The quantitative estimate of drug-likeness (QED) is 0.0597. The number of rotatable bonds is 24. The molecular weight excluding hydrogens is 1190 g/mol. The minimum Gasteiger partial charge on any atom is -0.870 e. The first-order valence-electron chi connectivity index (χ1n) is 19.8. The monoisotopic (exact) mass is 1310 g/mol. The molecule has 0 aromatic heterocycles. The number of hydrogen-bond donors (Lipinski definition) is 3. The molecule has 0 aromatic rings. The number of ether oxygens (including phenoxy) is 3. The van der Waals surface area contributed by atoms with Crippen LogP contribution in [0.1, 0.15) is 162 Å². The van der Waals surface area contributed by atoms with E-state index >= 15 is 0 Å². The minimum absolute atomic E-state index is 0. The Morgan fingerprint density at radius 1 is 0.671 bits per heavy atom. The van der Waals surface area contributed by atoms with Crippen molar-refractivity contribution in [2.45, 2.75) is 210 Å². The molecule has 32 heteroatoms. The molecule has 0 amide bonds. The van der Waals surface area contributed by atoms with Crippen LogP contribution in [0.15, 0.2) is 0 Å². The van der Waals surface area contributed by atoms with Gasteiger partial charge in [0, 0.05) is 79.7 Å². The van der Waals surface area contributed by atoms with Gasteiger partial charge in [0.05, 0.1) is 57.5 Å². The summed E-state index contributed by atoms with van der Waals surface area (Å²) < 4.78 is 127. The summed E-state index contributed by atoms with van der Waals surface area (Å²) in [5.41, 5.74) is 5.38. The number of phosphoric ester groups is 1. The molecule has 0 spiro atoms. The summed E-state index contributed by atoms with van der Waals surface area (Å²) in [4.78, 5) is 9.68. The van der Waals surface area contributed by atoms with Crippen molar-refractivity contribution in [2.24, 2.45) is 5.73 Å². The third-order valence-corrected chi connectivity index (χ3v) is 13.9. The molecule has 0 aromatic carbocycles. The largest absolute Gasteiger partial charge is 1.00 e. The van der Waals surface area contributed by atoms with E-state index in [1.54, 1.807) is 35.0 Å². The third kappa shape index (κ3) is 80.6. The van der Waals surface area contributed by atoms with Crippen LogP contribution < -0.4 is 40.4 Å². The van der Waals surface area contributed by atoms with Gasteiger partial charge in [0.2, 0.25) is 0 Å². The van der Waals surface area contributed by atoms with Gasteiger partial charge in [-0.2, -0.15) is 0 Å². The fourth-order valence-electron chi connectivity index (χ4n) is 4.54. The predicted octanol–water partition coefficient (Wildman–Crippen LogP) is 14.1. The van der Waals surface area contributed by atoms with Gasteiger partial charge >= 0.3 is 61.3 Å². The molecule has 0 radical (unpaired) electrons. The van der Waals surface area contributed by atoms with E-state index in [2.05, 4.69) is 35.8 Å². The maximum absolute atomic E-state index is 12.5. The van der Waals surface area contributed by atoms with E-state index < -0.39 is 64.3 Å². The van der Waals surface area contributed by atoms with Crippen molar-refractivity contribution in [1.82, 2.24) is 5.09 Å². The zero-order chi connectivity index (χ0) is 49.5. The Kier molecular flexibility index (Phi) is 108. The van der Waals surface area contributed by atoms with Crippen LogP contribution >= 0.6 is 78.9 Å². The summed E-state index contributed by atoms with van der Waals surface area (Å²) >= 11 is 5.34. The Morgan fingerprint density at radius 3 is 1.32 bits per heavy atom. The second-order valence-corrected chi connectivity index (χ2v) is 25.8. The molecule has 2 aliphatic carbocycles. The van der Waals surface area contributed by atoms with E-state index in [1.165, 1.54) is 60.0 Å². The van der Waals surface area contributed by atoms with E-state index in [0.717, 1.165) is 19.3 Å². The number of methoxy groups -OCH3 is 3. The van der Waals surface area contributed by atoms with E-state index in [1.807, 2.05) is 13.8 Å². The van der Waals surface area contributed by atoms with E-state index in [0.29, 0.717) is 25.9 Å². The van der Waals surface area contributed by atoms with E-state index in [9.17, 15) is 32.3 Å². The Bertz CT molecular complexity index is 1420. The number of phosphoric acid groups is 1. The summed E-state index contributed by atoms with van der Waals surface area (Å²) in [6.45, 7) is 14.0. The van der Waals surface area contributed by atoms with Crippen LogP contribution in [0.2, 0.25) is 0 Å². The van der Waals surface area contributed by atoms with Crippen LogP contribution in [-0.4, -0.2) is 147 Å². The Hall–Kier alpha value is 2.35. The molecule has 5 N–H and O–H groups in total. The first-order chi connectivity index (χ1) is 29.0. The average molecular weight is 1310 g/mol. The summed E-state index contributed by atoms with van der Waals surface area (Å²) in [5, 5.41) is 3.00. The van der Waals surface area contributed by atoms with Crippen LogP contribution in [0.25, 0.3) is 0 Å². The smallest absolute Gasteiger partial charge is 0.870 e. The Labute approximate surface area is 506 Å². The van der Waals surface area contributed by atoms with Gasteiger partial charge in [-0.3, -0.25) is 22.7 Å². The SMILES string of the molecule is C.C.C.C.C.C.C.C.C.C.C.CC1CO[P+](=O)O1.COCC(C)OP(=O)(O)OCC(C)OP(C)(=O)OCC(C)OP(C)(=O)NC1CCC1.COCC(C)OP(C)(=O)Cl.COCC(C)O[P+](C)=O.ClCl.NC1CCC1.[Na+].[OH-]. The van der Waals surface area contributed by atoms with Gasteiger partial charge < -0.3 is 48.4 Å². The summed E-state index contributed by atoms with van der Waals surface area (Å²) in [7, 11) is -1.25. The number of nitrogens with one attached hydrogen (secondary N) is 1. The van der Waals surface area contributed by atoms with Crippen molar-refractivity contribution >= 4 is 78.9 Å². The van der Waals surface area contributed by atoms with E-state index in [-0.39, 0.29) is 161 Å². The fourth-order valence-corrected chi connectivity index (χ4v) is 10.9. The molecule has 1 heterocycles. The van der Waals surface area contributed by atoms with Crippen LogP contribution in [0, 0.1) is 0 Å². The van der Waals surface area contributed by atoms with Crippen molar-refractivity contribution in [3.63, 3.8) is 0 Å². The Morgan fingerprint density at radius 2 is 1.03 bits per heavy atom. The summed E-state index contributed by atoms with van der Waals surface area (Å²) in [6, 6.07) is 0.773. The molecule has 76 heavy (non-hydrogen) atoms. The molecule has 12 unspecified atom stereocenters. The zero-order valence-corrected chi connectivity index (χ0v) is 49.9. The number of hydrogen-bond acceptors (Lipinski definition) is 20. The Balaban J connectivity index is -0.0000000469. The minimum atomic E-state index is -4.31. The first kappa shape index (κ1) is 121. The number of nitrogens with two attached hydrogens (primary N) is 1. The zero-order valence-electron chi connectivity index (χ0n) is 40.2. The predicted molar refractivity (Wildman–Crippen MR) is 324 cm³/mol. The molecule has 3 rings (SSSR count). The van der Waals surface area contributed by atoms with Gasteiger partial charge in [-0.15, -0.1) is 13.6 Å². The van der Waals surface area contributed by atoms with Gasteiger partial charge in [-0.25, -0.2) is 9.65 Å². The molecule has 22 nitrogen and oxygen atoms in total. The molecule has 2 saturated carbocycles. The van der Waals surface area contributed by atoms with Gasteiger partial charge in [0.15, 0.2) is 6.66 Å². The van der Waals surface area contributed by atoms with Crippen molar-refractivity contribution in [1.29, 1.82) is 0 Å². The van der Waals surface area contributed by atoms with Crippen molar-refractivity contribution in [3.05, 3.63) is 0 Å². The van der Waals surface area contributed by atoms with Crippen LogP contribution in [-0.2, 0) is 82.3 Å². The normalized spacial score (nSPS) is 19.1. The average Bonchev–Trinajstić information content (AvgIpc) is 3.50.